The Bertz CT molecular complexity index is 1450. The van der Waals surface area contributed by atoms with Crippen molar-refractivity contribution in [2.45, 2.75) is 64.1 Å². The van der Waals surface area contributed by atoms with Crippen molar-refractivity contribution in [3.05, 3.63) is 88.9 Å². The number of hydrogen-bond acceptors (Lipinski definition) is 5. The zero-order chi connectivity index (χ0) is 30.2. The third-order valence-electron chi connectivity index (χ3n) is 6.86. The Kier molecular flexibility index (Phi) is 11.2. The van der Waals surface area contributed by atoms with Gasteiger partial charge in [0.05, 0.1) is 22.7 Å². The van der Waals surface area contributed by atoms with E-state index in [1.54, 1.807) is 24.3 Å². The van der Waals surface area contributed by atoms with E-state index in [4.69, 9.17) is 16.3 Å². The number of anilines is 1. The lowest BCUT2D eigenvalue weighted by atomic mass is 10.1. The lowest BCUT2D eigenvalue weighted by Gasteiger charge is -2.34. The van der Waals surface area contributed by atoms with Crippen molar-refractivity contribution < 1.29 is 22.7 Å². The fourth-order valence-electron chi connectivity index (χ4n) is 4.43. The molecular formula is C31H38ClN3O5S. The number of ether oxygens (including phenoxy) is 1. The van der Waals surface area contributed by atoms with Crippen molar-refractivity contribution in [1.29, 1.82) is 0 Å². The number of benzene rings is 3. The zero-order valence-corrected chi connectivity index (χ0v) is 25.7. The minimum atomic E-state index is -4.19. The van der Waals surface area contributed by atoms with Crippen molar-refractivity contribution in [2.24, 2.45) is 0 Å². The maximum absolute atomic E-state index is 14.1. The molecule has 3 aromatic carbocycles. The summed E-state index contributed by atoms with van der Waals surface area (Å²) < 4.78 is 34.1. The van der Waals surface area contributed by atoms with Gasteiger partial charge in [-0.05, 0) is 62.6 Å². The van der Waals surface area contributed by atoms with Crippen LogP contribution < -0.4 is 14.4 Å². The van der Waals surface area contributed by atoms with E-state index in [1.165, 1.54) is 36.3 Å². The van der Waals surface area contributed by atoms with E-state index in [0.29, 0.717) is 12.2 Å². The highest BCUT2D eigenvalue weighted by Gasteiger charge is 2.34. The van der Waals surface area contributed by atoms with E-state index < -0.39 is 28.5 Å². The molecule has 0 aliphatic carbocycles. The van der Waals surface area contributed by atoms with Crippen LogP contribution in [0, 0.1) is 6.92 Å². The maximum atomic E-state index is 14.1. The molecular weight excluding hydrogens is 562 g/mol. The Morgan fingerprint density at radius 2 is 1.68 bits per heavy atom. The van der Waals surface area contributed by atoms with Crippen LogP contribution in [0.25, 0.3) is 0 Å². The van der Waals surface area contributed by atoms with E-state index in [0.717, 1.165) is 21.9 Å². The summed E-state index contributed by atoms with van der Waals surface area (Å²) in [5.41, 5.74) is 2.03. The van der Waals surface area contributed by atoms with Gasteiger partial charge in [-0.2, -0.15) is 0 Å². The normalized spacial score (nSPS) is 12.7. The molecule has 2 amide bonds. The molecule has 0 aliphatic rings. The van der Waals surface area contributed by atoms with Crippen LogP contribution in [0.4, 0.5) is 5.69 Å². The van der Waals surface area contributed by atoms with Gasteiger partial charge < -0.3 is 15.0 Å². The van der Waals surface area contributed by atoms with Gasteiger partial charge >= 0.3 is 0 Å². The third-order valence-corrected chi connectivity index (χ3v) is 8.94. The Morgan fingerprint density at radius 1 is 0.976 bits per heavy atom. The highest BCUT2D eigenvalue weighted by Crippen LogP contribution is 2.32. The number of methoxy groups -OCH3 is 1. The monoisotopic (exact) mass is 599 g/mol. The van der Waals surface area contributed by atoms with Crippen LogP contribution in [0.15, 0.2) is 77.7 Å². The number of carbonyl (C=O) groups is 2. The van der Waals surface area contributed by atoms with Crippen LogP contribution in [-0.4, -0.2) is 50.9 Å². The number of sulfonamides is 1. The molecule has 0 unspecified atom stereocenters. The molecule has 1 N–H and O–H groups in total. The second-order valence-electron chi connectivity index (χ2n) is 9.90. The first kappa shape index (κ1) is 32.0. The quantitative estimate of drug-likeness (QED) is 0.277. The number of aryl methyl sites for hydroxylation is 1. The molecule has 0 saturated carbocycles. The minimum Gasteiger partial charge on any atom is -0.495 e. The predicted octanol–water partition coefficient (Wildman–Crippen LogP) is 5.57. The predicted molar refractivity (Wildman–Crippen MR) is 163 cm³/mol. The van der Waals surface area contributed by atoms with Crippen LogP contribution >= 0.6 is 11.6 Å². The third kappa shape index (κ3) is 8.01. The number of carbonyl (C=O) groups excluding carboxylic acids is 2. The van der Waals surface area contributed by atoms with Gasteiger partial charge in [0.1, 0.15) is 18.3 Å². The molecule has 0 spiro atoms. The average molecular weight is 600 g/mol. The second-order valence-corrected chi connectivity index (χ2v) is 12.2. The van der Waals surface area contributed by atoms with Crippen LogP contribution in [0.3, 0.4) is 0 Å². The lowest BCUT2D eigenvalue weighted by Crippen LogP contribution is -2.53. The van der Waals surface area contributed by atoms with Gasteiger partial charge in [-0.3, -0.25) is 13.9 Å². The Morgan fingerprint density at radius 3 is 2.27 bits per heavy atom. The summed E-state index contributed by atoms with van der Waals surface area (Å²) in [6, 6.07) is 19.2. The van der Waals surface area contributed by atoms with E-state index in [-0.39, 0.29) is 34.1 Å². The van der Waals surface area contributed by atoms with E-state index >= 15 is 0 Å². The van der Waals surface area contributed by atoms with Crippen LogP contribution in [0.2, 0.25) is 5.02 Å². The first-order valence-electron chi connectivity index (χ1n) is 13.6. The molecule has 220 valence electrons. The number of rotatable bonds is 13. The zero-order valence-electron chi connectivity index (χ0n) is 24.1. The molecule has 2 atom stereocenters. The second kappa shape index (κ2) is 14.4. The van der Waals surface area contributed by atoms with Gasteiger partial charge in [-0.15, -0.1) is 0 Å². The number of hydrogen-bond donors (Lipinski definition) is 1. The van der Waals surface area contributed by atoms with E-state index in [1.807, 2.05) is 52.0 Å². The van der Waals surface area contributed by atoms with Crippen molar-refractivity contribution in [3.63, 3.8) is 0 Å². The molecule has 3 aromatic rings. The topological polar surface area (TPSA) is 96.0 Å². The van der Waals surface area contributed by atoms with Crippen LogP contribution in [0.1, 0.15) is 44.7 Å². The Balaban J connectivity index is 2.08. The summed E-state index contributed by atoms with van der Waals surface area (Å²) in [5, 5.41) is 3.17. The molecule has 0 fully saturated rings. The Hall–Kier alpha value is -3.56. The first-order chi connectivity index (χ1) is 19.5. The largest absolute Gasteiger partial charge is 0.495 e. The summed E-state index contributed by atoms with van der Waals surface area (Å²) >= 11 is 6.37. The summed E-state index contributed by atoms with van der Waals surface area (Å²) in [5.74, 6) is -0.440. The summed E-state index contributed by atoms with van der Waals surface area (Å²) in [4.78, 5) is 29.0. The highest BCUT2D eigenvalue weighted by atomic mass is 35.5. The van der Waals surface area contributed by atoms with Gasteiger partial charge in [-0.1, -0.05) is 73.5 Å². The van der Waals surface area contributed by atoms with E-state index in [9.17, 15) is 18.0 Å². The molecule has 0 aliphatic heterocycles. The highest BCUT2D eigenvalue weighted by molar-refractivity contribution is 7.92. The molecule has 0 saturated heterocycles. The van der Waals surface area contributed by atoms with Gasteiger partial charge in [0.2, 0.25) is 11.8 Å². The molecule has 0 radical (unpaired) electrons. The van der Waals surface area contributed by atoms with E-state index in [2.05, 4.69) is 5.32 Å². The molecule has 41 heavy (non-hydrogen) atoms. The SMILES string of the molecule is CC[C@@H](C)NC(=O)[C@@H](CC)N(Cc1cccc(C)c1)C(=O)CN(c1ccc(OC)c(Cl)c1)S(=O)(=O)c1ccccc1. The number of nitrogens with one attached hydrogen (secondary N) is 1. The molecule has 10 heteroatoms. The van der Waals surface area contributed by atoms with Crippen molar-refractivity contribution in [3.8, 4) is 5.75 Å². The van der Waals surface area contributed by atoms with Gasteiger partial charge in [0.25, 0.3) is 10.0 Å². The Labute approximate surface area is 248 Å². The lowest BCUT2D eigenvalue weighted by molar-refractivity contribution is -0.140. The van der Waals surface area contributed by atoms with Gasteiger partial charge in [0, 0.05) is 12.6 Å². The van der Waals surface area contributed by atoms with Crippen LogP contribution in [0.5, 0.6) is 5.75 Å². The molecule has 0 aromatic heterocycles. The average Bonchev–Trinajstić information content (AvgIpc) is 2.95. The molecule has 3 rings (SSSR count). The first-order valence-corrected chi connectivity index (χ1v) is 15.4. The fourth-order valence-corrected chi connectivity index (χ4v) is 6.11. The summed E-state index contributed by atoms with van der Waals surface area (Å²) in [6.45, 7) is 7.24. The van der Waals surface area contributed by atoms with Gasteiger partial charge in [0.15, 0.2) is 0 Å². The maximum Gasteiger partial charge on any atom is 0.264 e. The minimum absolute atomic E-state index is 0.0199. The number of amides is 2. The number of nitrogens with zero attached hydrogens (tertiary/aromatic N) is 2. The smallest absolute Gasteiger partial charge is 0.264 e. The summed E-state index contributed by atoms with van der Waals surface area (Å²) in [7, 11) is -2.73. The standard InChI is InChI=1S/C31H38ClN3O5S/c1-6-23(4)33-31(37)28(7-2)34(20-24-13-11-12-22(3)18-24)30(36)21-35(25-16-17-29(40-5)27(32)19-25)41(38,39)26-14-9-8-10-15-26/h8-19,23,28H,6-7,20-21H2,1-5H3,(H,33,37)/t23-,28-/m1/s1. The molecule has 0 heterocycles. The van der Waals surface area contributed by atoms with Crippen molar-refractivity contribution in [2.75, 3.05) is 18.0 Å². The van der Waals surface area contributed by atoms with Gasteiger partial charge in [-0.25, -0.2) is 8.42 Å². The van der Waals surface area contributed by atoms with Crippen LogP contribution in [-0.2, 0) is 26.2 Å². The number of halogens is 1. The molecule has 8 nitrogen and oxygen atoms in total. The summed E-state index contributed by atoms with van der Waals surface area (Å²) in [6.07, 6.45) is 1.08. The molecule has 0 bridgehead atoms. The fraction of sp³-hybridized carbons (Fsp3) is 0.355. The van der Waals surface area contributed by atoms with Crippen molar-refractivity contribution >= 4 is 39.1 Å². The van der Waals surface area contributed by atoms with Crippen molar-refractivity contribution in [1.82, 2.24) is 10.2 Å².